The predicted octanol–water partition coefficient (Wildman–Crippen LogP) is 3.25. The molecule has 3 nitrogen and oxygen atoms in total. The van der Waals surface area contributed by atoms with Crippen molar-refractivity contribution in [2.75, 3.05) is 0 Å². The van der Waals surface area contributed by atoms with E-state index >= 15 is 0 Å². The molecule has 0 spiro atoms. The fourth-order valence-electron chi connectivity index (χ4n) is 1.86. The number of hydrogen-bond acceptors (Lipinski definition) is 4. The summed E-state index contributed by atoms with van der Waals surface area (Å²) < 4.78 is 0. The molecule has 1 aromatic carbocycles. The van der Waals surface area contributed by atoms with E-state index in [1.807, 2.05) is 53.9 Å². The van der Waals surface area contributed by atoms with E-state index in [1.165, 1.54) is 0 Å². The highest BCUT2D eigenvalue weighted by Crippen LogP contribution is 2.26. The Morgan fingerprint density at radius 3 is 2.53 bits per heavy atom. The van der Waals surface area contributed by atoms with E-state index in [4.69, 9.17) is 5.73 Å². The van der Waals surface area contributed by atoms with Gasteiger partial charge in [-0.05, 0) is 12.1 Å². The first-order chi connectivity index (χ1) is 9.34. The molecule has 0 saturated carbocycles. The third-order valence-electron chi connectivity index (χ3n) is 2.86. The van der Waals surface area contributed by atoms with Crippen LogP contribution in [0.5, 0.6) is 0 Å². The molecular weight excluding hydrogens is 254 g/mol. The number of nitrogens with two attached hydrogens (primary N) is 1. The molecule has 94 valence electrons. The average molecular weight is 267 g/mol. The molecule has 2 aromatic heterocycles. The van der Waals surface area contributed by atoms with Crippen molar-refractivity contribution in [2.45, 2.75) is 6.04 Å². The molecule has 2 heterocycles. The first kappa shape index (κ1) is 12.0. The van der Waals surface area contributed by atoms with Crippen molar-refractivity contribution in [3.05, 3.63) is 70.8 Å². The number of pyridine rings is 1. The summed E-state index contributed by atoms with van der Waals surface area (Å²) in [5.41, 5.74) is 9.11. The lowest BCUT2D eigenvalue weighted by Crippen LogP contribution is -2.12. The highest BCUT2D eigenvalue weighted by Gasteiger charge is 2.14. The molecule has 1 atom stereocenters. The molecule has 0 bridgehead atoms. The van der Waals surface area contributed by atoms with Gasteiger partial charge in [-0.1, -0.05) is 36.4 Å². The molecule has 2 N–H and O–H groups in total. The zero-order valence-corrected chi connectivity index (χ0v) is 11.0. The molecule has 0 fully saturated rings. The zero-order chi connectivity index (χ0) is 13.1. The lowest BCUT2D eigenvalue weighted by molar-refractivity contribution is 0.819. The van der Waals surface area contributed by atoms with Gasteiger partial charge >= 0.3 is 0 Å². The molecule has 3 aromatic rings. The van der Waals surface area contributed by atoms with Crippen molar-refractivity contribution in [3.8, 4) is 11.3 Å². The largest absolute Gasteiger partial charge is 0.317 e. The molecule has 0 aliphatic heterocycles. The highest BCUT2D eigenvalue weighted by atomic mass is 32.1. The van der Waals surface area contributed by atoms with Gasteiger partial charge in [-0.2, -0.15) is 0 Å². The molecule has 0 aliphatic carbocycles. The minimum absolute atomic E-state index is 0.260. The molecule has 1 unspecified atom stereocenters. The summed E-state index contributed by atoms with van der Waals surface area (Å²) >= 11 is 1.57. The van der Waals surface area contributed by atoms with Crippen molar-refractivity contribution in [3.63, 3.8) is 0 Å². The number of aromatic nitrogens is 2. The minimum atomic E-state index is -0.260. The second kappa shape index (κ2) is 5.30. The van der Waals surface area contributed by atoms with E-state index in [0.29, 0.717) is 0 Å². The number of nitrogens with zero attached hydrogens (tertiary/aromatic N) is 2. The third kappa shape index (κ3) is 2.54. The number of rotatable bonds is 3. The van der Waals surface area contributed by atoms with Crippen LogP contribution in [0, 0.1) is 0 Å². The van der Waals surface area contributed by atoms with Crippen molar-refractivity contribution in [1.29, 1.82) is 0 Å². The zero-order valence-electron chi connectivity index (χ0n) is 10.2. The Balaban J connectivity index is 1.90. The van der Waals surface area contributed by atoms with Gasteiger partial charge in [-0.15, -0.1) is 11.3 Å². The van der Waals surface area contributed by atoms with Crippen LogP contribution in [0.2, 0.25) is 0 Å². The maximum Gasteiger partial charge on any atom is 0.116 e. The molecule has 0 amide bonds. The monoisotopic (exact) mass is 267 g/mol. The Labute approximate surface area is 115 Å². The Morgan fingerprint density at radius 1 is 1.00 bits per heavy atom. The summed E-state index contributed by atoms with van der Waals surface area (Å²) in [5.74, 6) is 0. The first-order valence-corrected chi connectivity index (χ1v) is 6.90. The normalized spacial score (nSPS) is 12.3. The fraction of sp³-hybridized carbons (Fsp3) is 0.0667. The lowest BCUT2D eigenvalue weighted by atomic mass is 10.2. The van der Waals surface area contributed by atoms with Gasteiger partial charge in [0.2, 0.25) is 0 Å². The fourth-order valence-corrected chi connectivity index (χ4v) is 2.70. The van der Waals surface area contributed by atoms with Gasteiger partial charge in [0.05, 0.1) is 17.4 Å². The van der Waals surface area contributed by atoms with Crippen LogP contribution < -0.4 is 5.73 Å². The maximum absolute atomic E-state index is 6.19. The average Bonchev–Trinajstić information content (AvgIpc) is 2.98. The molecule has 0 saturated heterocycles. The predicted molar refractivity (Wildman–Crippen MR) is 77.8 cm³/mol. The second-order valence-corrected chi connectivity index (χ2v) is 5.06. The van der Waals surface area contributed by atoms with Crippen LogP contribution in [-0.4, -0.2) is 9.97 Å². The second-order valence-electron chi connectivity index (χ2n) is 4.17. The SMILES string of the molecule is NC(c1ccccn1)c1nc(-c2ccccc2)cs1. The molecular formula is C15H13N3S. The Kier molecular flexibility index (Phi) is 3.35. The quantitative estimate of drug-likeness (QED) is 0.792. The van der Waals surface area contributed by atoms with E-state index in [2.05, 4.69) is 9.97 Å². The van der Waals surface area contributed by atoms with Crippen LogP contribution in [-0.2, 0) is 0 Å². The molecule has 0 aliphatic rings. The van der Waals surface area contributed by atoms with Crippen LogP contribution in [0.1, 0.15) is 16.7 Å². The van der Waals surface area contributed by atoms with Crippen LogP contribution in [0.3, 0.4) is 0 Å². The van der Waals surface area contributed by atoms with Gasteiger partial charge in [-0.25, -0.2) is 4.98 Å². The van der Waals surface area contributed by atoms with Gasteiger partial charge < -0.3 is 5.73 Å². The molecule has 3 rings (SSSR count). The van der Waals surface area contributed by atoms with Gasteiger partial charge in [0.1, 0.15) is 5.01 Å². The number of hydrogen-bond donors (Lipinski definition) is 1. The summed E-state index contributed by atoms with van der Waals surface area (Å²) in [6.45, 7) is 0. The van der Waals surface area contributed by atoms with Gasteiger partial charge in [-0.3, -0.25) is 4.98 Å². The van der Waals surface area contributed by atoms with Crippen LogP contribution in [0.25, 0.3) is 11.3 Å². The van der Waals surface area contributed by atoms with Crippen LogP contribution in [0.4, 0.5) is 0 Å². The van der Waals surface area contributed by atoms with Crippen molar-refractivity contribution >= 4 is 11.3 Å². The summed E-state index contributed by atoms with van der Waals surface area (Å²) in [6.07, 6.45) is 1.75. The lowest BCUT2D eigenvalue weighted by Gasteiger charge is -2.06. The molecule has 19 heavy (non-hydrogen) atoms. The summed E-state index contributed by atoms with van der Waals surface area (Å²) in [6, 6.07) is 15.6. The number of benzene rings is 1. The molecule has 0 radical (unpaired) electrons. The Hall–Kier alpha value is -2.04. The van der Waals surface area contributed by atoms with Gasteiger partial charge in [0, 0.05) is 17.1 Å². The summed E-state index contributed by atoms with van der Waals surface area (Å²) in [4.78, 5) is 8.89. The van der Waals surface area contributed by atoms with Crippen molar-refractivity contribution < 1.29 is 0 Å². The van der Waals surface area contributed by atoms with E-state index in [0.717, 1.165) is 22.0 Å². The maximum atomic E-state index is 6.19. The van der Waals surface area contributed by atoms with Gasteiger partial charge in [0.25, 0.3) is 0 Å². The number of thiazole rings is 1. The smallest absolute Gasteiger partial charge is 0.116 e. The first-order valence-electron chi connectivity index (χ1n) is 6.02. The van der Waals surface area contributed by atoms with Gasteiger partial charge in [0.15, 0.2) is 0 Å². The van der Waals surface area contributed by atoms with E-state index in [-0.39, 0.29) is 6.04 Å². The topological polar surface area (TPSA) is 51.8 Å². The van der Waals surface area contributed by atoms with E-state index in [1.54, 1.807) is 17.5 Å². The van der Waals surface area contributed by atoms with Crippen molar-refractivity contribution in [2.24, 2.45) is 5.73 Å². The van der Waals surface area contributed by atoms with E-state index in [9.17, 15) is 0 Å². The minimum Gasteiger partial charge on any atom is -0.317 e. The summed E-state index contributed by atoms with van der Waals surface area (Å²) in [7, 11) is 0. The van der Waals surface area contributed by atoms with Crippen LogP contribution in [0.15, 0.2) is 60.1 Å². The standard InChI is InChI=1S/C15H13N3S/c16-14(12-8-4-5-9-17-12)15-18-13(10-19-15)11-6-2-1-3-7-11/h1-10,14H,16H2. The highest BCUT2D eigenvalue weighted by molar-refractivity contribution is 7.10. The van der Waals surface area contributed by atoms with E-state index < -0.39 is 0 Å². The summed E-state index contributed by atoms with van der Waals surface area (Å²) in [5, 5.41) is 2.92. The third-order valence-corrected chi connectivity index (χ3v) is 3.79. The molecule has 4 heteroatoms. The van der Waals surface area contributed by atoms with Crippen molar-refractivity contribution in [1.82, 2.24) is 9.97 Å². The Bertz CT molecular complexity index is 649. The Morgan fingerprint density at radius 2 is 1.79 bits per heavy atom. The van der Waals surface area contributed by atoms with Crippen LogP contribution >= 0.6 is 11.3 Å².